The Balaban J connectivity index is 1.43. The molecule has 9 aromatic rings. The van der Waals surface area contributed by atoms with Gasteiger partial charge in [-0.1, -0.05) is 84.9 Å². The van der Waals surface area contributed by atoms with Crippen LogP contribution in [0.25, 0.3) is 76.9 Å². The lowest BCUT2D eigenvalue weighted by Crippen LogP contribution is -1.96. The number of hydrogen-bond acceptors (Lipinski definition) is 1. The summed E-state index contributed by atoms with van der Waals surface area (Å²) in [6.07, 6.45) is 3.75. The van der Waals surface area contributed by atoms with Crippen LogP contribution in [0.1, 0.15) is 0 Å². The van der Waals surface area contributed by atoms with Gasteiger partial charge in [-0.15, -0.1) is 0 Å². The van der Waals surface area contributed by atoms with Crippen LogP contribution in [-0.2, 0) is 0 Å². The molecule has 0 spiro atoms. The van der Waals surface area contributed by atoms with Gasteiger partial charge in [0.2, 0.25) is 0 Å². The molecule has 6 aromatic carbocycles. The molecule has 0 bridgehead atoms. The van der Waals surface area contributed by atoms with Gasteiger partial charge in [0.05, 0.1) is 22.1 Å². The van der Waals surface area contributed by atoms with Gasteiger partial charge in [0.1, 0.15) is 0 Å². The van der Waals surface area contributed by atoms with Gasteiger partial charge in [-0.3, -0.25) is 4.98 Å². The first-order valence-corrected chi connectivity index (χ1v) is 14.3. The second kappa shape index (κ2) is 8.92. The van der Waals surface area contributed by atoms with Crippen molar-refractivity contribution in [3.8, 4) is 22.5 Å². The third-order valence-electron chi connectivity index (χ3n) is 8.56. The quantitative estimate of drug-likeness (QED) is 0.221. The van der Waals surface area contributed by atoms with Crippen molar-refractivity contribution in [2.45, 2.75) is 0 Å². The molecule has 3 heterocycles. The minimum atomic E-state index is 1.11. The first-order chi connectivity index (χ1) is 20.8. The van der Waals surface area contributed by atoms with E-state index in [0.29, 0.717) is 0 Å². The molecule has 0 aliphatic rings. The lowest BCUT2D eigenvalue weighted by atomic mass is 10.0. The molecular formula is C39H25N3. The number of fused-ring (bicyclic) bond motifs is 8. The van der Waals surface area contributed by atoms with E-state index in [9.17, 15) is 0 Å². The molecule has 0 saturated heterocycles. The van der Waals surface area contributed by atoms with Crippen LogP contribution < -0.4 is 0 Å². The first kappa shape index (κ1) is 23.1. The fraction of sp³-hybridized carbons (Fsp3) is 0. The second-order valence-corrected chi connectivity index (χ2v) is 10.9. The van der Waals surface area contributed by atoms with Crippen molar-refractivity contribution in [3.05, 3.63) is 152 Å². The number of aromatic nitrogens is 3. The van der Waals surface area contributed by atoms with Crippen molar-refractivity contribution < 1.29 is 0 Å². The van der Waals surface area contributed by atoms with Crippen LogP contribution in [-0.4, -0.2) is 14.1 Å². The van der Waals surface area contributed by atoms with Crippen molar-refractivity contribution in [3.63, 3.8) is 0 Å². The summed E-state index contributed by atoms with van der Waals surface area (Å²) in [4.78, 5) is 4.37. The molecule has 0 atom stereocenters. The van der Waals surface area contributed by atoms with E-state index >= 15 is 0 Å². The van der Waals surface area contributed by atoms with E-state index < -0.39 is 0 Å². The molecule has 42 heavy (non-hydrogen) atoms. The van der Waals surface area contributed by atoms with E-state index in [-0.39, 0.29) is 0 Å². The van der Waals surface area contributed by atoms with Crippen molar-refractivity contribution in [2.75, 3.05) is 0 Å². The molecule has 3 heteroatoms. The van der Waals surface area contributed by atoms with Crippen LogP contribution in [0.4, 0.5) is 0 Å². The predicted octanol–water partition coefficient (Wildman–Crippen LogP) is 10.1. The maximum absolute atomic E-state index is 4.37. The summed E-state index contributed by atoms with van der Waals surface area (Å²) in [6, 6.07) is 50.4. The summed E-state index contributed by atoms with van der Waals surface area (Å²) in [6.45, 7) is 0. The Labute approximate surface area is 242 Å². The maximum atomic E-state index is 4.37. The normalized spacial score (nSPS) is 11.8. The van der Waals surface area contributed by atoms with Gasteiger partial charge >= 0.3 is 0 Å². The number of nitrogens with zero attached hydrogens (tertiary/aromatic N) is 3. The molecule has 0 radical (unpaired) electrons. The van der Waals surface area contributed by atoms with Crippen LogP contribution in [0, 0.1) is 0 Å². The highest BCUT2D eigenvalue weighted by atomic mass is 15.0. The van der Waals surface area contributed by atoms with E-state index in [1.165, 1.54) is 60.1 Å². The monoisotopic (exact) mass is 535 g/mol. The maximum Gasteiger partial charge on any atom is 0.0620 e. The van der Waals surface area contributed by atoms with Crippen LogP contribution >= 0.6 is 0 Å². The zero-order valence-electron chi connectivity index (χ0n) is 22.8. The Morgan fingerprint density at radius 2 is 1.12 bits per heavy atom. The highest BCUT2D eigenvalue weighted by molar-refractivity contribution is 6.22. The van der Waals surface area contributed by atoms with Crippen molar-refractivity contribution in [1.82, 2.24) is 14.1 Å². The predicted molar refractivity (Wildman–Crippen MR) is 176 cm³/mol. The van der Waals surface area contributed by atoms with Crippen LogP contribution in [0.15, 0.2) is 152 Å². The Morgan fingerprint density at radius 1 is 0.405 bits per heavy atom. The smallest absolute Gasteiger partial charge is 0.0620 e. The van der Waals surface area contributed by atoms with Gasteiger partial charge in [-0.2, -0.15) is 0 Å². The molecule has 0 fully saturated rings. The average Bonchev–Trinajstić information content (AvgIpc) is 3.57. The fourth-order valence-electron chi connectivity index (χ4n) is 6.73. The van der Waals surface area contributed by atoms with Crippen molar-refractivity contribution in [2.24, 2.45) is 0 Å². The first-order valence-electron chi connectivity index (χ1n) is 14.3. The lowest BCUT2D eigenvalue weighted by molar-refractivity contribution is 1.18. The Hall–Kier alpha value is -5.67. The van der Waals surface area contributed by atoms with Gasteiger partial charge in [0.15, 0.2) is 0 Å². The zero-order valence-corrected chi connectivity index (χ0v) is 22.8. The summed E-state index contributed by atoms with van der Waals surface area (Å²) < 4.78 is 4.84. The highest BCUT2D eigenvalue weighted by Gasteiger charge is 2.18. The number of pyridine rings is 1. The minimum Gasteiger partial charge on any atom is -0.309 e. The largest absolute Gasteiger partial charge is 0.309 e. The standard InChI is InChI=1S/C39H25N3/c1-2-12-29(13-3-1)41-36-17-6-5-16-32(36)35-23-27-19-20-33-31-15-4-7-18-37(31)42(39(33)34(27)24-38(35)41)30-14-8-10-26(22-30)28-11-9-21-40-25-28/h1-25H. The molecule has 0 aliphatic carbocycles. The van der Waals surface area contributed by atoms with E-state index in [2.05, 4.69) is 148 Å². The van der Waals surface area contributed by atoms with Crippen molar-refractivity contribution >= 4 is 54.4 Å². The molecule has 196 valence electrons. The van der Waals surface area contributed by atoms with E-state index in [1.807, 2.05) is 18.5 Å². The molecule has 0 N–H and O–H groups in total. The number of para-hydroxylation sites is 3. The van der Waals surface area contributed by atoms with E-state index in [1.54, 1.807) is 0 Å². The fourth-order valence-corrected chi connectivity index (χ4v) is 6.73. The van der Waals surface area contributed by atoms with Gasteiger partial charge in [0, 0.05) is 56.3 Å². The molecule has 9 rings (SSSR count). The second-order valence-electron chi connectivity index (χ2n) is 10.9. The van der Waals surface area contributed by atoms with Gasteiger partial charge in [0.25, 0.3) is 0 Å². The summed E-state index contributed by atoms with van der Waals surface area (Å²) in [5.74, 6) is 0. The summed E-state index contributed by atoms with van der Waals surface area (Å²) in [7, 11) is 0. The average molecular weight is 536 g/mol. The summed E-state index contributed by atoms with van der Waals surface area (Å²) in [5.41, 5.74) is 9.42. The Bertz CT molecular complexity index is 2450. The summed E-state index contributed by atoms with van der Waals surface area (Å²) in [5, 5.41) is 7.52. The highest BCUT2D eigenvalue weighted by Crippen LogP contribution is 2.41. The lowest BCUT2D eigenvalue weighted by Gasteiger charge is -2.13. The van der Waals surface area contributed by atoms with E-state index in [0.717, 1.165) is 16.8 Å². The zero-order chi connectivity index (χ0) is 27.6. The van der Waals surface area contributed by atoms with Crippen molar-refractivity contribution in [1.29, 1.82) is 0 Å². The molecule has 0 aliphatic heterocycles. The van der Waals surface area contributed by atoms with Gasteiger partial charge in [-0.05, 0) is 65.5 Å². The third kappa shape index (κ3) is 3.31. The van der Waals surface area contributed by atoms with Crippen LogP contribution in [0.3, 0.4) is 0 Å². The molecule has 0 amide bonds. The van der Waals surface area contributed by atoms with E-state index in [4.69, 9.17) is 0 Å². The number of benzene rings is 6. The minimum absolute atomic E-state index is 1.11. The van der Waals surface area contributed by atoms with Crippen LogP contribution in [0.5, 0.6) is 0 Å². The van der Waals surface area contributed by atoms with Crippen LogP contribution in [0.2, 0.25) is 0 Å². The summed E-state index contributed by atoms with van der Waals surface area (Å²) >= 11 is 0. The Morgan fingerprint density at radius 3 is 1.93 bits per heavy atom. The number of hydrogen-bond donors (Lipinski definition) is 0. The van der Waals surface area contributed by atoms with Gasteiger partial charge in [-0.25, -0.2) is 0 Å². The molecule has 3 nitrogen and oxygen atoms in total. The molecular weight excluding hydrogens is 510 g/mol. The molecule has 0 unspecified atom stereocenters. The topological polar surface area (TPSA) is 22.8 Å². The Kier molecular flexibility index (Phi) is 4.90. The number of rotatable bonds is 3. The third-order valence-corrected chi connectivity index (χ3v) is 8.56. The van der Waals surface area contributed by atoms with Gasteiger partial charge < -0.3 is 9.13 Å². The molecule has 3 aromatic heterocycles. The molecule has 0 saturated carbocycles. The SMILES string of the molecule is c1ccc(-n2c3ccccc3c3cc4ccc5c6ccccc6n(-c6cccc(-c7cccnc7)c6)c5c4cc32)cc1.